The van der Waals surface area contributed by atoms with Gasteiger partial charge in [0.2, 0.25) is 5.91 Å². The molecule has 1 fully saturated rings. The molecule has 0 aliphatic carbocycles. The molecule has 1 aromatic heterocycles. The van der Waals surface area contributed by atoms with Gasteiger partial charge in [-0.05, 0) is 55.2 Å². The molecule has 1 amide bonds. The predicted molar refractivity (Wildman–Crippen MR) is 135 cm³/mol. The first-order valence-corrected chi connectivity index (χ1v) is 12.3. The summed E-state index contributed by atoms with van der Waals surface area (Å²) in [5.74, 6) is 1.59. The normalized spacial score (nSPS) is 16.4. The summed E-state index contributed by atoms with van der Waals surface area (Å²) in [6, 6.07) is 6.97. The van der Waals surface area contributed by atoms with Gasteiger partial charge < -0.3 is 14.5 Å². The van der Waals surface area contributed by atoms with Gasteiger partial charge in [0, 0.05) is 56.1 Å². The topological polar surface area (TPSA) is 63.0 Å². The van der Waals surface area contributed by atoms with Crippen LogP contribution in [-0.4, -0.2) is 65.0 Å². The molecule has 7 nitrogen and oxygen atoms in total. The van der Waals surface area contributed by atoms with Crippen molar-refractivity contribution in [2.45, 2.75) is 46.6 Å². The third-order valence-corrected chi connectivity index (χ3v) is 6.74. The smallest absolute Gasteiger partial charge is 0.244 e. The minimum Gasteiger partial charge on any atom is -0.497 e. The number of halogens is 1. The second-order valence-corrected chi connectivity index (χ2v) is 8.91. The van der Waals surface area contributed by atoms with Crippen LogP contribution in [0.4, 0.5) is 4.39 Å². The molecule has 35 heavy (non-hydrogen) atoms. The van der Waals surface area contributed by atoms with Crippen LogP contribution < -0.4 is 0 Å². The lowest BCUT2D eigenvalue weighted by atomic mass is 10.1. The molecule has 0 unspecified atom stereocenters. The predicted octanol–water partition coefficient (Wildman–Crippen LogP) is 4.33. The summed E-state index contributed by atoms with van der Waals surface area (Å²) in [6.45, 7) is 8.80. The Morgan fingerprint density at radius 1 is 1.11 bits per heavy atom. The Labute approximate surface area is 206 Å². The molecule has 0 bridgehead atoms. The third kappa shape index (κ3) is 5.47. The minimum absolute atomic E-state index is 0.0494. The highest BCUT2D eigenvalue weighted by Crippen LogP contribution is 2.24. The zero-order valence-electron chi connectivity index (χ0n) is 21.1. The van der Waals surface area contributed by atoms with Crippen molar-refractivity contribution >= 4 is 12.1 Å². The first-order valence-electron chi connectivity index (χ1n) is 12.3. The highest BCUT2D eigenvalue weighted by Gasteiger charge is 2.24. The van der Waals surface area contributed by atoms with Crippen molar-refractivity contribution in [3.05, 3.63) is 64.6 Å². The Morgan fingerprint density at radius 2 is 1.89 bits per heavy atom. The molecule has 186 valence electrons. The van der Waals surface area contributed by atoms with E-state index in [-0.39, 0.29) is 18.3 Å². The number of allylic oxidation sites excluding steroid dienone is 2. The van der Waals surface area contributed by atoms with Crippen molar-refractivity contribution in [1.82, 2.24) is 19.6 Å². The Balaban J connectivity index is 1.41. The Hall–Kier alpha value is -3.42. The van der Waals surface area contributed by atoms with E-state index in [0.717, 1.165) is 47.8 Å². The summed E-state index contributed by atoms with van der Waals surface area (Å²) >= 11 is 0. The summed E-state index contributed by atoms with van der Waals surface area (Å²) in [5, 5.41) is 4.68. The second kappa shape index (κ2) is 10.9. The number of piperazine rings is 1. The molecule has 2 aliphatic rings. The second-order valence-electron chi connectivity index (χ2n) is 8.91. The molecule has 1 aromatic carbocycles. The van der Waals surface area contributed by atoms with Gasteiger partial charge in [0.1, 0.15) is 23.9 Å². The highest BCUT2D eigenvalue weighted by molar-refractivity contribution is 5.76. The fourth-order valence-electron chi connectivity index (χ4n) is 4.54. The number of methoxy groups -OCH3 is 1. The van der Waals surface area contributed by atoms with Crippen LogP contribution in [0.15, 0.2) is 52.5 Å². The van der Waals surface area contributed by atoms with E-state index in [0.29, 0.717) is 31.7 Å². The molecule has 0 radical (unpaired) electrons. The number of aromatic nitrogens is 2. The minimum atomic E-state index is -0.233. The largest absolute Gasteiger partial charge is 0.497 e. The molecule has 3 heterocycles. The zero-order chi connectivity index (χ0) is 24.9. The standard InChI is InChI=1S/C27H34FN5O2/c1-5-20-9-10-29-26(17-25(20)35-4)31-11-13-32(14-12-31)27(34)18-33-22(6-2)16-24(30-33)21-7-8-23(28)19(3)15-21/h7-8,10,15-17H,5-6,9,11-14,18H2,1-4H3. The van der Waals surface area contributed by atoms with Crippen LogP contribution in [0.3, 0.4) is 0 Å². The van der Waals surface area contributed by atoms with Crippen LogP contribution in [0, 0.1) is 12.7 Å². The van der Waals surface area contributed by atoms with E-state index >= 15 is 0 Å². The van der Waals surface area contributed by atoms with Crippen molar-refractivity contribution in [1.29, 1.82) is 0 Å². The average molecular weight is 480 g/mol. The fraction of sp³-hybridized carbons (Fsp3) is 0.444. The summed E-state index contributed by atoms with van der Waals surface area (Å²) in [6.07, 6.45) is 6.43. The Morgan fingerprint density at radius 3 is 2.54 bits per heavy atom. The number of rotatable bonds is 7. The molecular formula is C27H34FN5O2. The lowest BCUT2D eigenvalue weighted by Gasteiger charge is -2.36. The Kier molecular flexibility index (Phi) is 7.68. The molecule has 8 heteroatoms. The summed E-state index contributed by atoms with van der Waals surface area (Å²) in [5.41, 5.74) is 4.41. The number of carbonyl (C=O) groups is 1. The highest BCUT2D eigenvalue weighted by atomic mass is 19.1. The van der Waals surface area contributed by atoms with Crippen molar-refractivity contribution in [3.8, 4) is 11.3 Å². The number of benzene rings is 1. The van der Waals surface area contributed by atoms with Crippen molar-refractivity contribution in [2.75, 3.05) is 33.3 Å². The molecule has 0 N–H and O–H groups in total. The van der Waals surface area contributed by atoms with Crippen LogP contribution in [0.1, 0.15) is 37.9 Å². The van der Waals surface area contributed by atoms with Gasteiger partial charge in [-0.15, -0.1) is 0 Å². The van der Waals surface area contributed by atoms with Crippen LogP contribution in [0.5, 0.6) is 0 Å². The molecule has 4 rings (SSSR count). The number of amides is 1. The Bertz CT molecular complexity index is 1170. The molecule has 2 aliphatic heterocycles. The SMILES string of the molecule is CCC1=C(OC)C=C(N2CCN(C(=O)Cn3nc(-c4ccc(F)c(C)c4)cc3CC)CC2)N=CC1. The lowest BCUT2D eigenvalue weighted by molar-refractivity contribution is -0.133. The van der Waals surface area contributed by atoms with E-state index in [1.165, 1.54) is 11.6 Å². The number of hydrogen-bond donors (Lipinski definition) is 0. The van der Waals surface area contributed by atoms with E-state index in [1.54, 1.807) is 30.8 Å². The van der Waals surface area contributed by atoms with Gasteiger partial charge in [-0.25, -0.2) is 9.38 Å². The summed E-state index contributed by atoms with van der Waals surface area (Å²) in [7, 11) is 1.70. The van der Waals surface area contributed by atoms with Crippen LogP contribution in [0.2, 0.25) is 0 Å². The maximum atomic E-state index is 13.7. The van der Waals surface area contributed by atoms with E-state index in [1.807, 2.05) is 30.2 Å². The lowest BCUT2D eigenvalue weighted by Crippen LogP contribution is -2.49. The van der Waals surface area contributed by atoms with Crippen LogP contribution in [-0.2, 0) is 22.5 Å². The first-order chi connectivity index (χ1) is 16.9. The molecule has 0 atom stereocenters. The molecule has 1 saturated heterocycles. The molecular weight excluding hydrogens is 445 g/mol. The van der Waals surface area contributed by atoms with E-state index in [9.17, 15) is 9.18 Å². The maximum Gasteiger partial charge on any atom is 0.244 e. The maximum absolute atomic E-state index is 13.7. The number of nitrogens with zero attached hydrogens (tertiary/aromatic N) is 5. The summed E-state index contributed by atoms with van der Waals surface area (Å²) < 4.78 is 21.1. The number of aliphatic imine (C=N–C) groups is 1. The number of aryl methyl sites for hydroxylation is 2. The fourth-order valence-corrected chi connectivity index (χ4v) is 4.54. The van der Waals surface area contributed by atoms with Gasteiger partial charge >= 0.3 is 0 Å². The number of ether oxygens (including phenoxy) is 1. The number of hydrogen-bond acceptors (Lipinski definition) is 5. The van der Waals surface area contributed by atoms with Gasteiger partial charge in [0.05, 0.1) is 12.8 Å². The molecule has 0 saturated carbocycles. The monoisotopic (exact) mass is 479 g/mol. The van der Waals surface area contributed by atoms with Gasteiger partial charge in [-0.1, -0.05) is 13.8 Å². The number of carbonyl (C=O) groups excluding carboxylic acids is 1. The zero-order valence-corrected chi connectivity index (χ0v) is 21.1. The van der Waals surface area contributed by atoms with E-state index < -0.39 is 0 Å². The van der Waals surface area contributed by atoms with Crippen molar-refractivity contribution < 1.29 is 13.9 Å². The van der Waals surface area contributed by atoms with Gasteiger partial charge in [-0.3, -0.25) is 9.48 Å². The van der Waals surface area contributed by atoms with Gasteiger partial charge in [0.15, 0.2) is 0 Å². The third-order valence-electron chi connectivity index (χ3n) is 6.74. The van der Waals surface area contributed by atoms with Crippen molar-refractivity contribution in [3.63, 3.8) is 0 Å². The summed E-state index contributed by atoms with van der Waals surface area (Å²) in [4.78, 5) is 21.9. The first kappa shape index (κ1) is 24.7. The van der Waals surface area contributed by atoms with Crippen LogP contribution in [0.25, 0.3) is 11.3 Å². The van der Waals surface area contributed by atoms with Crippen molar-refractivity contribution in [2.24, 2.45) is 4.99 Å². The van der Waals surface area contributed by atoms with Crippen LogP contribution >= 0.6 is 0 Å². The molecule has 0 spiro atoms. The average Bonchev–Trinajstić information content (AvgIpc) is 3.16. The quantitative estimate of drug-likeness (QED) is 0.593. The van der Waals surface area contributed by atoms with E-state index in [2.05, 4.69) is 21.9 Å². The van der Waals surface area contributed by atoms with Gasteiger partial charge in [0.25, 0.3) is 0 Å². The van der Waals surface area contributed by atoms with E-state index in [4.69, 9.17) is 4.74 Å². The van der Waals surface area contributed by atoms with Gasteiger partial charge in [-0.2, -0.15) is 5.10 Å². The molecule has 2 aromatic rings.